The minimum Gasteiger partial charge on any atom is -0.322 e. The predicted octanol–water partition coefficient (Wildman–Crippen LogP) is 0.631. The zero-order valence-corrected chi connectivity index (χ0v) is 15.9. The van der Waals surface area contributed by atoms with E-state index in [0.717, 1.165) is 37.7 Å². The van der Waals surface area contributed by atoms with Gasteiger partial charge in [-0.15, -0.1) is 0 Å². The van der Waals surface area contributed by atoms with Crippen LogP contribution in [-0.2, 0) is 22.7 Å². The van der Waals surface area contributed by atoms with E-state index < -0.39 is 6.04 Å². The van der Waals surface area contributed by atoms with Crippen LogP contribution in [0.3, 0.4) is 0 Å². The molecule has 0 bridgehead atoms. The summed E-state index contributed by atoms with van der Waals surface area (Å²) in [5, 5.41) is 5.88. The molecule has 3 amide bonds. The second-order valence-electron chi connectivity index (χ2n) is 8.42. The van der Waals surface area contributed by atoms with E-state index in [2.05, 4.69) is 21.6 Å². The van der Waals surface area contributed by atoms with Crippen LogP contribution in [0.2, 0.25) is 0 Å². The number of hydrogen-bond acceptors (Lipinski definition) is 5. The highest BCUT2D eigenvalue weighted by Crippen LogP contribution is 2.34. The van der Waals surface area contributed by atoms with Crippen molar-refractivity contribution in [3.63, 3.8) is 0 Å². The zero-order chi connectivity index (χ0) is 19.3. The van der Waals surface area contributed by atoms with Gasteiger partial charge in [0.2, 0.25) is 11.8 Å². The molecular formula is C21H26N4O3. The summed E-state index contributed by atoms with van der Waals surface area (Å²) < 4.78 is 0. The third-order valence-corrected chi connectivity index (χ3v) is 6.90. The van der Waals surface area contributed by atoms with Crippen LogP contribution in [0, 0.1) is 5.92 Å². The third-order valence-electron chi connectivity index (χ3n) is 6.90. The molecule has 5 rings (SSSR count). The molecule has 3 fully saturated rings. The van der Waals surface area contributed by atoms with Crippen molar-refractivity contribution in [2.45, 2.75) is 50.9 Å². The smallest absolute Gasteiger partial charge is 0.255 e. The van der Waals surface area contributed by atoms with Gasteiger partial charge in [-0.05, 0) is 55.5 Å². The number of carbonyl (C=O) groups is 3. The molecular weight excluding hydrogens is 356 g/mol. The van der Waals surface area contributed by atoms with Crippen LogP contribution in [0.4, 0.5) is 0 Å². The van der Waals surface area contributed by atoms with Gasteiger partial charge in [0.05, 0.1) is 0 Å². The molecule has 0 radical (unpaired) electrons. The monoisotopic (exact) mass is 382 g/mol. The average Bonchev–Trinajstić information content (AvgIpc) is 3.25. The van der Waals surface area contributed by atoms with Gasteiger partial charge >= 0.3 is 0 Å². The molecule has 2 N–H and O–H groups in total. The minimum atomic E-state index is -0.552. The summed E-state index contributed by atoms with van der Waals surface area (Å²) in [7, 11) is 0. The van der Waals surface area contributed by atoms with E-state index in [1.807, 2.05) is 12.1 Å². The number of carbonyl (C=O) groups excluding carboxylic acids is 3. The van der Waals surface area contributed by atoms with Crippen LogP contribution >= 0.6 is 0 Å². The van der Waals surface area contributed by atoms with Gasteiger partial charge in [0.25, 0.3) is 5.91 Å². The van der Waals surface area contributed by atoms with Crippen molar-refractivity contribution in [3.8, 4) is 0 Å². The highest BCUT2D eigenvalue weighted by atomic mass is 16.2. The molecule has 28 heavy (non-hydrogen) atoms. The lowest BCUT2D eigenvalue weighted by Gasteiger charge is -2.32. The summed E-state index contributed by atoms with van der Waals surface area (Å²) in [6, 6.07) is 5.95. The van der Waals surface area contributed by atoms with Gasteiger partial charge in [0, 0.05) is 37.7 Å². The number of fused-ring (bicyclic) bond motifs is 2. The Morgan fingerprint density at radius 3 is 2.86 bits per heavy atom. The molecule has 0 aromatic heterocycles. The first-order chi connectivity index (χ1) is 13.6. The molecule has 3 saturated heterocycles. The Morgan fingerprint density at radius 2 is 2.00 bits per heavy atom. The zero-order valence-electron chi connectivity index (χ0n) is 15.9. The number of nitrogens with one attached hydrogen (secondary N) is 2. The van der Waals surface area contributed by atoms with Crippen molar-refractivity contribution in [1.82, 2.24) is 20.4 Å². The van der Waals surface area contributed by atoms with Crippen molar-refractivity contribution in [3.05, 3.63) is 34.9 Å². The van der Waals surface area contributed by atoms with E-state index in [4.69, 9.17) is 0 Å². The molecule has 3 atom stereocenters. The van der Waals surface area contributed by atoms with Gasteiger partial charge in [0.1, 0.15) is 6.04 Å². The van der Waals surface area contributed by atoms with E-state index in [9.17, 15) is 14.4 Å². The second kappa shape index (κ2) is 6.97. The first kappa shape index (κ1) is 17.8. The maximum Gasteiger partial charge on any atom is 0.255 e. The molecule has 0 aliphatic carbocycles. The van der Waals surface area contributed by atoms with Crippen molar-refractivity contribution in [2.24, 2.45) is 5.92 Å². The third kappa shape index (κ3) is 2.93. The molecule has 4 aliphatic rings. The number of piperidine rings is 2. The van der Waals surface area contributed by atoms with Crippen molar-refractivity contribution in [1.29, 1.82) is 0 Å². The van der Waals surface area contributed by atoms with E-state index in [1.54, 1.807) is 4.90 Å². The van der Waals surface area contributed by atoms with E-state index >= 15 is 0 Å². The van der Waals surface area contributed by atoms with Crippen LogP contribution in [0.5, 0.6) is 0 Å². The fourth-order valence-electron chi connectivity index (χ4n) is 5.37. The Balaban J connectivity index is 1.36. The van der Waals surface area contributed by atoms with Gasteiger partial charge in [-0.25, -0.2) is 0 Å². The molecule has 3 unspecified atom stereocenters. The minimum absolute atomic E-state index is 0.0926. The SMILES string of the molecule is O=C1CCC(N2Cc3c(CN4CCC5CCNCC54)cccc3C2=O)C(=O)N1. The maximum atomic E-state index is 13.0. The predicted molar refractivity (Wildman–Crippen MR) is 102 cm³/mol. The Morgan fingerprint density at radius 1 is 1.11 bits per heavy atom. The Labute approximate surface area is 164 Å². The maximum absolute atomic E-state index is 13.0. The molecule has 7 nitrogen and oxygen atoms in total. The number of benzene rings is 1. The first-order valence-corrected chi connectivity index (χ1v) is 10.3. The van der Waals surface area contributed by atoms with Gasteiger partial charge in [-0.1, -0.05) is 12.1 Å². The van der Waals surface area contributed by atoms with Crippen molar-refractivity contribution < 1.29 is 14.4 Å². The van der Waals surface area contributed by atoms with Crippen LogP contribution in [-0.4, -0.2) is 59.2 Å². The summed E-state index contributed by atoms with van der Waals surface area (Å²) in [5.74, 6) is 0.0787. The van der Waals surface area contributed by atoms with Crippen LogP contribution in [0.25, 0.3) is 0 Å². The standard InChI is InChI=1S/C21H26N4O3/c26-19-5-4-17(20(27)23-19)25-12-16-14(2-1-3-15(16)21(25)28)11-24-9-7-13-6-8-22-10-18(13)24/h1-3,13,17-18,22H,4-12H2,(H,23,26,27). The Kier molecular flexibility index (Phi) is 4.44. The Bertz CT molecular complexity index is 839. The van der Waals surface area contributed by atoms with Gasteiger partial charge in [0.15, 0.2) is 0 Å². The summed E-state index contributed by atoms with van der Waals surface area (Å²) in [5.41, 5.74) is 2.94. The van der Waals surface area contributed by atoms with Crippen molar-refractivity contribution in [2.75, 3.05) is 19.6 Å². The molecule has 0 spiro atoms. The van der Waals surface area contributed by atoms with E-state index in [0.29, 0.717) is 24.6 Å². The number of imide groups is 1. The lowest BCUT2D eigenvalue weighted by atomic mass is 9.93. The summed E-state index contributed by atoms with van der Waals surface area (Å²) in [6.45, 7) is 4.57. The number of likely N-dealkylation sites (tertiary alicyclic amines) is 1. The topological polar surface area (TPSA) is 81.8 Å². The number of nitrogens with zero attached hydrogens (tertiary/aromatic N) is 2. The highest BCUT2D eigenvalue weighted by Gasteiger charge is 2.41. The molecule has 0 saturated carbocycles. The summed E-state index contributed by atoms with van der Waals surface area (Å²) >= 11 is 0. The van der Waals surface area contributed by atoms with Gasteiger partial charge in [-0.3, -0.25) is 24.6 Å². The van der Waals surface area contributed by atoms with E-state index in [-0.39, 0.29) is 24.1 Å². The highest BCUT2D eigenvalue weighted by molar-refractivity contribution is 6.05. The average molecular weight is 382 g/mol. The molecule has 7 heteroatoms. The molecule has 148 valence electrons. The first-order valence-electron chi connectivity index (χ1n) is 10.3. The summed E-state index contributed by atoms with van der Waals surface area (Å²) in [6.07, 6.45) is 3.19. The largest absolute Gasteiger partial charge is 0.322 e. The van der Waals surface area contributed by atoms with Crippen LogP contribution < -0.4 is 10.6 Å². The van der Waals surface area contributed by atoms with Crippen LogP contribution in [0.15, 0.2) is 18.2 Å². The molecule has 1 aromatic rings. The summed E-state index contributed by atoms with van der Waals surface area (Å²) in [4.78, 5) is 40.9. The van der Waals surface area contributed by atoms with Gasteiger partial charge < -0.3 is 10.2 Å². The molecule has 4 heterocycles. The fraction of sp³-hybridized carbons (Fsp3) is 0.571. The van der Waals surface area contributed by atoms with E-state index in [1.165, 1.54) is 18.4 Å². The normalized spacial score (nSPS) is 30.4. The molecule has 1 aromatic carbocycles. The Hall–Kier alpha value is -2.25. The van der Waals surface area contributed by atoms with Gasteiger partial charge in [-0.2, -0.15) is 0 Å². The lowest BCUT2D eigenvalue weighted by molar-refractivity contribution is -0.136. The second-order valence-corrected chi connectivity index (χ2v) is 8.42. The lowest BCUT2D eigenvalue weighted by Crippen LogP contribution is -2.52. The molecule has 4 aliphatic heterocycles. The fourth-order valence-corrected chi connectivity index (χ4v) is 5.37. The van der Waals surface area contributed by atoms with Crippen molar-refractivity contribution >= 4 is 17.7 Å². The van der Waals surface area contributed by atoms with Crippen LogP contribution in [0.1, 0.15) is 47.2 Å². The number of hydrogen-bond donors (Lipinski definition) is 2. The number of amides is 3. The quantitative estimate of drug-likeness (QED) is 0.750. The number of rotatable bonds is 3.